The number of non-ortho nitro benzene ring substituents is 1. The average molecular weight is 332 g/mol. The molecule has 0 heterocycles. The fraction of sp³-hybridized carbons (Fsp3) is 0.125. The predicted octanol–water partition coefficient (Wildman–Crippen LogP) is 2.92. The molecule has 0 aliphatic rings. The van der Waals surface area contributed by atoms with Gasteiger partial charge in [0.25, 0.3) is 11.6 Å². The number of anilines is 1. The molecular formula is C16H13FN2O5. The van der Waals surface area contributed by atoms with Gasteiger partial charge in [0.15, 0.2) is 6.10 Å². The van der Waals surface area contributed by atoms with Gasteiger partial charge in [0, 0.05) is 12.1 Å². The molecule has 2 aromatic carbocycles. The fourth-order valence-electron chi connectivity index (χ4n) is 1.80. The highest BCUT2D eigenvalue weighted by molar-refractivity contribution is 5.97. The lowest BCUT2D eigenvalue weighted by Gasteiger charge is -2.13. The minimum absolute atomic E-state index is 0.0271. The average Bonchev–Trinajstić information content (AvgIpc) is 2.56. The van der Waals surface area contributed by atoms with Crippen LogP contribution in [0.1, 0.15) is 17.3 Å². The van der Waals surface area contributed by atoms with Crippen molar-refractivity contribution in [3.05, 3.63) is 70.0 Å². The largest absolute Gasteiger partial charge is 0.449 e. The molecule has 8 heteroatoms. The molecule has 0 unspecified atom stereocenters. The van der Waals surface area contributed by atoms with Gasteiger partial charge in [-0.3, -0.25) is 14.9 Å². The summed E-state index contributed by atoms with van der Waals surface area (Å²) in [5, 5.41) is 12.9. The minimum Gasteiger partial charge on any atom is -0.449 e. The van der Waals surface area contributed by atoms with E-state index in [1.54, 1.807) is 6.07 Å². The van der Waals surface area contributed by atoms with Gasteiger partial charge < -0.3 is 10.1 Å². The van der Waals surface area contributed by atoms with Crippen molar-refractivity contribution in [2.45, 2.75) is 13.0 Å². The van der Waals surface area contributed by atoms with Crippen molar-refractivity contribution in [2.24, 2.45) is 0 Å². The lowest BCUT2D eigenvalue weighted by atomic mass is 10.2. The van der Waals surface area contributed by atoms with Gasteiger partial charge in [-0.25, -0.2) is 9.18 Å². The van der Waals surface area contributed by atoms with Crippen molar-refractivity contribution >= 4 is 23.3 Å². The van der Waals surface area contributed by atoms with E-state index in [-0.39, 0.29) is 16.9 Å². The van der Waals surface area contributed by atoms with Crippen LogP contribution in [0.25, 0.3) is 0 Å². The Morgan fingerprint density at radius 3 is 2.38 bits per heavy atom. The lowest BCUT2D eigenvalue weighted by Crippen LogP contribution is -2.30. The number of nitrogens with zero attached hydrogens (tertiary/aromatic N) is 1. The number of nitrogens with one attached hydrogen (secondary N) is 1. The molecule has 0 saturated carbocycles. The Balaban J connectivity index is 1.99. The maximum absolute atomic E-state index is 13.5. The number of para-hydroxylation sites is 1. The second kappa shape index (κ2) is 7.32. The van der Waals surface area contributed by atoms with Crippen molar-refractivity contribution in [1.82, 2.24) is 0 Å². The molecule has 0 radical (unpaired) electrons. The zero-order valence-electron chi connectivity index (χ0n) is 12.6. The van der Waals surface area contributed by atoms with Gasteiger partial charge in [0.05, 0.1) is 16.2 Å². The molecule has 0 bridgehead atoms. The summed E-state index contributed by atoms with van der Waals surface area (Å²) in [6, 6.07) is 10.3. The number of carbonyl (C=O) groups excluding carboxylic acids is 2. The van der Waals surface area contributed by atoms with Crippen LogP contribution in [0, 0.1) is 15.9 Å². The van der Waals surface area contributed by atoms with E-state index in [2.05, 4.69) is 5.32 Å². The molecule has 24 heavy (non-hydrogen) atoms. The Morgan fingerprint density at radius 1 is 1.17 bits per heavy atom. The van der Waals surface area contributed by atoms with Crippen molar-refractivity contribution in [2.75, 3.05) is 5.32 Å². The van der Waals surface area contributed by atoms with E-state index < -0.39 is 28.7 Å². The first kappa shape index (κ1) is 17.1. The number of ether oxygens (including phenoxy) is 1. The number of hydrogen-bond acceptors (Lipinski definition) is 5. The van der Waals surface area contributed by atoms with Crippen LogP contribution in [-0.2, 0) is 9.53 Å². The molecule has 2 rings (SSSR count). The molecule has 1 atom stereocenters. The van der Waals surface area contributed by atoms with Crippen LogP contribution in [-0.4, -0.2) is 22.9 Å². The molecule has 124 valence electrons. The topological polar surface area (TPSA) is 98.5 Å². The monoisotopic (exact) mass is 332 g/mol. The van der Waals surface area contributed by atoms with E-state index in [1.165, 1.54) is 37.3 Å². The number of halogens is 1. The van der Waals surface area contributed by atoms with Crippen LogP contribution in [0.3, 0.4) is 0 Å². The summed E-state index contributed by atoms with van der Waals surface area (Å²) in [5.41, 5.74) is -0.135. The summed E-state index contributed by atoms with van der Waals surface area (Å²) in [6.07, 6.45) is -1.17. The summed E-state index contributed by atoms with van der Waals surface area (Å²) >= 11 is 0. The molecule has 1 N–H and O–H groups in total. The normalized spacial score (nSPS) is 11.4. The van der Waals surface area contributed by atoms with Crippen LogP contribution < -0.4 is 5.32 Å². The molecule has 7 nitrogen and oxygen atoms in total. The Hall–Kier alpha value is -3.29. The molecule has 2 aromatic rings. The zero-order valence-corrected chi connectivity index (χ0v) is 12.6. The summed E-state index contributed by atoms with van der Waals surface area (Å²) in [6.45, 7) is 1.33. The number of carbonyl (C=O) groups is 2. The van der Waals surface area contributed by atoms with E-state index in [4.69, 9.17) is 4.74 Å². The van der Waals surface area contributed by atoms with Crippen molar-refractivity contribution in [1.29, 1.82) is 0 Å². The number of esters is 1. The van der Waals surface area contributed by atoms with Gasteiger partial charge in [-0.1, -0.05) is 12.1 Å². The highest BCUT2D eigenvalue weighted by Crippen LogP contribution is 2.15. The summed E-state index contributed by atoms with van der Waals surface area (Å²) in [7, 11) is 0. The van der Waals surface area contributed by atoms with Gasteiger partial charge in [-0.05, 0) is 31.2 Å². The van der Waals surface area contributed by atoms with Crippen LogP contribution >= 0.6 is 0 Å². The number of amides is 1. The van der Waals surface area contributed by atoms with E-state index in [1.807, 2.05) is 0 Å². The number of benzene rings is 2. The third-order valence-electron chi connectivity index (χ3n) is 3.10. The first-order valence-electron chi connectivity index (χ1n) is 6.89. The highest BCUT2D eigenvalue weighted by atomic mass is 19.1. The van der Waals surface area contributed by atoms with Crippen LogP contribution in [0.4, 0.5) is 15.8 Å². The zero-order chi connectivity index (χ0) is 17.7. The standard InChI is InChI=1S/C16H13FN2O5/c1-10(15(20)18-14-5-3-2-4-13(14)17)24-16(21)11-6-8-12(9-7-11)19(22)23/h2-10H,1H3,(H,18,20)/t10-/m1/s1. The Kier molecular flexibility index (Phi) is 5.20. The van der Waals surface area contributed by atoms with Gasteiger partial charge in [0.1, 0.15) is 5.82 Å². The van der Waals surface area contributed by atoms with Crippen molar-refractivity contribution in [3.8, 4) is 0 Å². The van der Waals surface area contributed by atoms with E-state index in [0.29, 0.717) is 0 Å². The quantitative estimate of drug-likeness (QED) is 0.515. The Bertz CT molecular complexity index is 776. The second-order valence-corrected chi connectivity index (χ2v) is 4.82. The molecule has 0 spiro atoms. The van der Waals surface area contributed by atoms with Crippen LogP contribution in [0.15, 0.2) is 48.5 Å². The van der Waals surface area contributed by atoms with Gasteiger partial charge in [0.2, 0.25) is 0 Å². The smallest absolute Gasteiger partial charge is 0.338 e. The van der Waals surface area contributed by atoms with Crippen molar-refractivity contribution in [3.63, 3.8) is 0 Å². The first-order valence-corrected chi connectivity index (χ1v) is 6.89. The molecule has 0 aliphatic heterocycles. The van der Waals surface area contributed by atoms with Gasteiger partial charge >= 0.3 is 5.97 Å². The summed E-state index contributed by atoms with van der Waals surface area (Å²) in [5.74, 6) is -2.13. The first-order chi connectivity index (χ1) is 11.4. The highest BCUT2D eigenvalue weighted by Gasteiger charge is 2.20. The lowest BCUT2D eigenvalue weighted by molar-refractivity contribution is -0.384. The number of hydrogen-bond donors (Lipinski definition) is 1. The van der Waals surface area contributed by atoms with Gasteiger partial charge in [-0.2, -0.15) is 0 Å². The molecule has 0 fully saturated rings. The van der Waals surface area contributed by atoms with E-state index in [9.17, 15) is 24.1 Å². The number of rotatable bonds is 5. The number of nitro groups is 1. The third-order valence-corrected chi connectivity index (χ3v) is 3.10. The molecule has 1 amide bonds. The number of nitro benzene ring substituents is 1. The molecular weight excluding hydrogens is 319 g/mol. The van der Waals surface area contributed by atoms with Crippen LogP contribution in [0.5, 0.6) is 0 Å². The SMILES string of the molecule is C[C@@H](OC(=O)c1ccc([N+](=O)[O-])cc1)C(=O)Nc1ccccc1F. The molecule has 0 aliphatic carbocycles. The summed E-state index contributed by atoms with van der Waals surface area (Å²) in [4.78, 5) is 33.8. The Labute approximate surface area is 136 Å². The van der Waals surface area contributed by atoms with Gasteiger partial charge in [-0.15, -0.1) is 0 Å². The van der Waals surface area contributed by atoms with E-state index >= 15 is 0 Å². The van der Waals surface area contributed by atoms with Crippen LogP contribution in [0.2, 0.25) is 0 Å². The third kappa shape index (κ3) is 4.13. The Morgan fingerprint density at radius 2 is 1.79 bits per heavy atom. The fourth-order valence-corrected chi connectivity index (χ4v) is 1.80. The molecule has 0 aromatic heterocycles. The van der Waals surface area contributed by atoms with E-state index in [0.717, 1.165) is 12.1 Å². The second-order valence-electron chi connectivity index (χ2n) is 4.82. The van der Waals surface area contributed by atoms with Crippen molar-refractivity contribution < 1.29 is 23.6 Å². The minimum atomic E-state index is -1.17. The maximum atomic E-state index is 13.5. The predicted molar refractivity (Wildman–Crippen MR) is 83.0 cm³/mol. The maximum Gasteiger partial charge on any atom is 0.338 e. The molecule has 0 saturated heterocycles. The summed E-state index contributed by atoms with van der Waals surface area (Å²) < 4.78 is 18.4.